The van der Waals surface area contributed by atoms with Gasteiger partial charge >= 0.3 is 0 Å². The van der Waals surface area contributed by atoms with Crippen LogP contribution in [0.1, 0.15) is 36.0 Å². The molecule has 0 atom stereocenters. The van der Waals surface area contributed by atoms with Crippen LogP contribution in [0.2, 0.25) is 0 Å². The number of ether oxygens (including phenoxy) is 1. The number of pyridine rings is 2. The first-order valence-corrected chi connectivity index (χ1v) is 9.57. The van der Waals surface area contributed by atoms with Gasteiger partial charge in [-0.25, -0.2) is 0 Å². The second-order valence-electron chi connectivity index (χ2n) is 7.29. The highest BCUT2D eigenvalue weighted by Crippen LogP contribution is 2.26. The Balaban J connectivity index is 1.31. The second kappa shape index (κ2) is 7.84. The fourth-order valence-electron chi connectivity index (χ4n) is 3.64. The van der Waals surface area contributed by atoms with Crippen LogP contribution in [0.15, 0.2) is 59.7 Å². The van der Waals surface area contributed by atoms with Gasteiger partial charge in [0.2, 0.25) is 5.56 Å². The van der Waals surface area contributed by atoms with Gasteiger partial charge in [0, 0.05) is 36.9 Å². The number of aryl methyl sites for hydroxylation is 1. The number of amides is 1. The molecule has 1 amide bonds. The molecule has 0 unspecified atom stereocenters. The maximum atomic E-state index is 12.4. The summed E-state index contributed by atoms with van der Waals surface area (Å²) in [6.45, 7) is 0. The molecule has 0 saturated heterocycles. The SMILES string of the molecule is Cn1cc(C(=O)NC2CCC(Oc3ccc4ncccc4c3)CC2)ccc1=O. The number of hydrogen-bond donors (Lipinski definition) is 1. The van der Waals surface area contributed by atoms with Gasteiger partial charge in [0.05, 0.1) is 17.2 Å². The van der Waals surface area contributed by atoms with Gasteiger partial charge in [-0.2, -0.15) is 0 Å². The predicted molar refractivity (Wildman–Crippen MR) is 108 cm³/mol. The highest BCUT2D eigenvalue weighted by Gasteiger charge is 2.24. The molecule has 0 bridgehead atoms. The smallest absolute Gasteiger partial charge is 0.252 e. The Hall–Kier alpha value is -3.15. The van der Waals surface area contributed by atoms with E-state index >= 15 is 0 Å². The monoisotopic (exact) mass is 377 g/mol. The molecule has 0 spiro atoms. The third-order valence-electron chi connectivity index (χ3n) is 5.23. The quantitative estimate of drug-likeness (QED) is 0.758. The molecule has 2 aromatic heterocycles. The van der Waals surface area contributed by atoms with Crippen molar-refractivity contribution in [2.24, 2.45) is 7.05 Å². The molecule has 0 radical (unpaired) electrons. The first kappa shape index (κ1) is 18.2. The summed E-state index contributed by atoms with van der Waals surface area (Å²) in [4.78, 5) is 28.2. The molecule has 144 valence electrons. The Morgan fingerprint density at radius 3 is 2.75 bits per heavy atom. The zero-order valence-corrected chi connectivity index (χ0v) is 15.8. The van der Waals surface area contributed by atoms with Crippen LogP contribution >= 0.6 is 0 Å². The van der Waals surface area contributed by atoms with Gasteiger partial charge in [-0.3, -0.25) is 14.6 Å². The summed E-state index contributed by atoms with van der Waals surface area (Å²) in [5, 5.41) is 4.14. The van der Waals surface area contributed by atoms with Crippen molar-refractivity contribution < 1.29 is 9.53 Å². The fourth-order valence-corrected chi connectivity index (χ4v) is 3.64. The van der Waals surface area contributed by atoms with Crippen LogP contribution in [0.4, 0.5) is 0 Å². The molecular formula is C22H23N3O3. The summed E-state index contributed by atoms with van der Waals surface area (Å²) < 4.78 is 7.57. The van der Waals surface area contributed by atoms with Crippen molar-refractivity contribution in [2.45, 2.75) is 37.8 Å². The van der Waals surface area contributed by atoms with E-state index in [9.17, 15) is 9.59 Å². The Morgan fingerprint density at radius 2 is 1.96 bits per heavy atom. The van der Waals surface area contributed by atoms with Gasteiger partial charge in [-0.1, -0.05) is 6.07 Å². The van der Waals surface area contributed by atoms with Crippen LogP contribution in [0.3, 0.4) is 0 Å². The molecule has 3 aromatic rings. The number of rotatable bonds is 4. The number of nitrogens with one attached hydrogen (secondary N) is 1. The van der Waals surface area contributed by atoms with E-state index in [1.54, 1.807) is 25.5 Å². The minimum atomic E-state index is -0.137. The number of carbonyl (C=O) groups is 1. The first-order chi connectivity index (χ1) is 13.6. The summed E-state index contributed by atoms with van der Waals surface area (Å²) in [6.07, 6.45) is 7.04. The lowest BCUT2D eigenvalue weighted by molar-refractivity contribution is 0.0893. The minimum absolute atomic E-state index is 0.126. The number of benzene rings is 1. The van der Waals surface area contributed by atoms with E-state index in [1.807, 2.05) is 30.3 Å². The first-order valence-electron chi connectivity index (χ1n) is 9.57. The molecule has 2 heterocycles. The molecular weight excluding hydrogens is 354 g/mol. The van der Waals surface area contributed by atoms with Crippen molar-refractivity contribution >= 4 is 16.8 Å². The predicted octanol–water partition coefficient (Wildman–Crippen LogP) is 3.05. The standard InChI is InChI=1S/C22H23N3O3/c1-25-14-16(4-11-21(25)26)22(27)24-17-5-7-18(8-6-17)28-19-9-10-20-15(13-19)3-2-12-23-20/h2-4,9-14,17-18H,5-8H2,1H3,(H,24,27). The van der Waals surface area contributed by atoms with Crippen molar-refractivity contribution in [1.29, 1.82) is 0 Å². The summed E-state index contributed by atoms with van der Waals surface area (Å²) in [7, 11) is 1.64. The van der Waals surface area contributed by atoms with Crippen molar-refractivity contribution in [3.63, 3.8) is 0 Å². The summed E-state index contributed by atoms with van der Waals surface area (Å²) in [5.41, 5.74) is 1.34. The average Bonchev–Trinajstić information content (AvgIpc) is 2.71. The third kappa shape index (κ3) is 4.06. The Bertz CT molecular complexity index is 1050. The van der Waals surface area contributed by atoms with Crippen molar-refractivity contribution in [3.8, 4) is 5.75 Å². The lowest BCUT2D eigenvalue weighted by atomic mass is 9.92. The Morgan fingerprint density at radius 1 is 1.14 bits per heavy atom. The van der Waals surface area contributed by atoms with Crippen molar-refractivity contribution in [3.05, 3.63) is 70.8 Å². The normalized spacial score (nSPS) is 19.3. The molecule has 1 aliphatic rings. The molecule has 1 N–H and O–H groups in total. The van der Waals surface area contributed by atoms with E-state index < -0.39 is 0 Å². The lowest BCUT2D eigenvalue weighted by Gasteiger charge is -2.29. The minimum Gasteiger partial charge on any atom is -0.490 e. The van der Waals surface area contributed by atoms with E-state index in [-0.39, 0.29) is 23.6 Å². The lowest BCUT2D eigenvalue weighted by Crippen LogP contribution is -2.40. The van der Waals surface area contributed by atoms with Crippen LogP contribution < -0.4 is 15.6 Å². The maximum Gasteiger partial charge on any atom is 0.252 e. The largest absolute Gasteiger partial charge is 0.490 e. The molecule has 4 rings (SSSR count). The maximum absolute atomic E-state index is 12.4. The molecule has 28 heavy (non-hydrogen) atoms. The molecule has 1 saturated carbocycles. The zero-order chi connectivity index (χ0) is 19.5. The van der Waals surface area contributed by atoms with Crippen LogP contribution in [0, 0.1) is 0 Å². The van der Waals surface area contributed by atoms with Crippen LogP contribution in [0.5, 0.6) is 5.75 Å². The van der Waals surface area contributed by atoms with Crippen LogP contribution in [-0.4, -0.2) is 27.6 Å². The molecule has 6 heteroatoms. The van der Waals surface area contributed by atoms with Crippen molar-refractivity contribution in [1.82, 2.24) is 14.9 Å². The highest BCUT2D eigenvalue weighted by atomic mass is 16.5. The third-order valence-corrected chi connectivity index (χ3v) is 5.23. The molecule has 0 aliphatic heterocycles. The number of carbonyl (C=O) groups excluding carboxylic acids is 1. The molecule has 1 aliphatic carbocycles. The number of fused-ring (bicyclic) bond motifs is 1. The van der Waals surface area contributed by atoms with E-state index in [0.717, 1.165) is 42.3 Å². The van der Waals surface area contributed by atoms with E-state index in [0.29, 0.717) is 5.56 Å². The number of hydrogen-bond acceptors (Lipinski definition) is 4. The second-order valence-corrected chi connectivity index (χ2v) is 7.29. The van der Waals surface area contributed by atoms with E-state index in [4.69, 9.17) is 4.74 Å². The molecule has 1 aromatic carbocycles. The van der Waals surface area contributed by atoms with Gasteiger partial charge < -0.3 is 14.6 Å². The average molecular weight is 377 g/mol. The topological polar surface area (TPSA) is 73.2 Å². The summed E-state index contributed by atoms with van der Waals surface area (Å²) in [5.74, 6) is 0.722. The molecule has 6 nitrogen and oxygen atoms in total. The Kier molecular flexibility index (Phi) is 5.10. The number of aromatic nitrogens is 2. The van der Waals surface area contributed by atoms with Crippen LogP contribution in [0.25, 0.3) is 10.9 Å². The van der Waals surface area contributed by atoms with Gasteiger partial charge in [-0.05, 0) is 56.0 Å². The summed E-state index contributed by atoms with van der Waals surface area (Å²) >= 11 is 0. The van der Waals surface area contributed by atoms with Gasteiger partial charge in [-0.15, -0.1) is 0 Å². The molecule has 1 fully saturated rings. The summed E-state index contributed by atoms with van der Waals surface area (Å²) in [6, 6.07) is 13.0. The highest BCUT2D eigenvalue weighted by molar-refractivity contribution is 5.94. The van der Waals surface area contributed by atoms with Crippen molar-refractivity contribution in [2.75, 3.05) is 0 Å². The van der Waals surface area contributed by atoms with Gasteiger partial charge in [0.25, 0.3) is 5.91 Å². The van der Waals surface area contributed by atoms with Gasteiger partial charge in [0.15, 0.2) is 0 Å². The van der Waals surface area contributed by atoms with Gasteiger partial charge in [0.1, 0.15) is 5.75 Å². The van der Waals surface area contributed by atoms with E-state index in [2.05, 4.69) is 10.3 Å². The van der Waals surface area contributed by atoms with E-state index in [1.165, 1.54) is 10.6 Å². The fraction of sp³-hybridized carbons (Fsp3) is 0.318. The van der Waals surface area contributed by atoms with Crippen LogP contribution in [-0.2, 0) is 7.05 Å². The Labute approximate surface area is 163 Å². The number of nitrogens with zero attached hydrogens (tertiary/aromatic N) is 2. The zero-order valence-electron chi connectivity index (χ0n) is 15.8.